The van der Waals surface area contributed by atoms with Crippen LogP contribution in [0.2, 0.25) is 25.7 Å². The molecule has 0 aromatic heterocycles. The molecule has 14 heavy (non-hydrogen) atoms. The predicted octanol–water partition coefficient (Wildman–Crippen LogP) is 4.48. The molecule has 1 heteroatoms. The minimum Gasteiger partial charge on any atom is -0.103 e. The van der Waals surface area contributed by atoms with E-state index in [1.807, 2.05) is 0 Å². The highest BCUT2D eigenvalue weighted by Gasteiger charge is 2.20. The Kier molecular flexibility index (Phi) is 4.18. The minimum absolute atomic E-state index is 0.788. The average Bonchev–Trinajstić information content (AvgIpc) is 2.50. The van der Waals surface area contributed by atoms with E-state index in [4.69, 9.17) is 0 Å². The van der Waals surface area contributed by atoms with Crippen LogP contribution in [0.15, 0.2) is 24.8 Å². The molecule has 0 unspecified atom stereocenters. The molecule has 0 bridgehead atoms. The van der Waals surface area contributed by atoms with Crippen LogP contribution in [0.3, 0.4) is 0 Å². The Hall–Kier alpha value is -0.303. The Labute approximate surface area is 90.1 Å². The van der Waals surface area contributed by atoms with Crippen LogP contribution in [0.25, 0.3) is 0 Å². The summed E-state index contributed by atoms with van der Waals surface area (Å²) in [7, 11) is -0.861. The van der Waals surface area contributed by atoms with Crippen LogP contribution >= 0.6 is 0 Å². The van der Waals surface area contributed by atoms with Crippen molar-refractivity contribution in [2.24, 2.45) is 11.8 Å². The van der Waals surface area contributed by atoms with Gasteiger partial charge in [0.05, 0.1) is 0 Å². The van der Waals surface area contributed by atoms with Crippen LogP contribution < -0.4 is 0 Å². The van der Waals surface area contributed by atoms with Gasteiger partial charge < -0.3 is 0 Å². The van der Waals surface area contributed by atoms with Gasteiger partial charge in [-0.1, -0.05) is 37.9 Å². The predicted molar refractivity (Wildman–Crippen MR) is 68.3 cm³/mol. The van der Waals surface area contributed by atoms with E-state index >= 15 is 0 Å². The van der Waals surface area contributed by atoms with Gasteiger partial charge >= 0.3 is 0 Å². The van der Waals surface area contributed by atoms with E-state index in [0.29, 0.717) is 0 Å². The van der Waals surface area contributed by atoms with Gasteiger partial charge in [-0.15, -0.1) is 6.58 Å². The quantitative estimate of drug-likeness (QED) is 0.472. The molecular formula is C13H24Si. The second-order valence-corrected chi connectivity index (χ2v) is 11.3. The lowest BCUT2D eigenvalue weighted by molar-refractivity contribution is 0.639. The molecule has 0 amide bonds. The molecule has 1 rings (SSSR count). The highest BCUT2D eigenvalue weighted by atomic mass is 28.3. The topological polar surface area (TPSA) is 0 Å². The molecule has 80 valence electrons. The molecule has 0 nitrogen and oxygen atoms in total. The number of rotatable bonds is 4. The molecule has 0 heterocycles. The first-order valence-electron chi connectivity index (χ1n) is 5.80. The summed E-state index contributed by atoms with van der Waals surface area (Å²) in [6.45, 7) is 11.2. The van der Waals surface area contributed by atoms with E-state index in [2.05, 4.69) is 44.4 Å². The third kappa shape index (κ3) is 4.27. The Morgan fingerprint density at radius 2 is 1.86 bits per heavy atom. The summed E-state index contributed by atoms with van der Waals surface area (Å²) in [4.78, 5) is 0. The lowest BCUT2D eigenvalue weighted by Crippen LogP contribution is -2.17. The Morgan fingerprint density at radius 3 is 2.36 bits per heavy atom. The SMILES string of the molecule is C=C[C@H]1CC[C@H](/C=C/C[Si](C)(C)C)C1. The zero-order valence-electron chi connectivity index (χ0n) is 9.92. The third-order valence-corrected chi connectivity index (χ3v) is 4.45. The van der Waals surface area contributed by atoms with E-state index in [9.17, 15) is 0 Å². The van der Waals surface area contributed by atoms with Crippen molar-refractivity contribution < 1.29 is 0 Å². The van der Waals surface area contributed by atoms with Crippen molar-refractivity contribution in [2.45, 2.75) is 44.9 Å². The Balaban J connectivity index is 2.28. The van der Waals surface area contributed by atoms with Crippen molar-refractivity contribution in [1.29, 1.82) is 0 Å². The molecular weight excluding hydrogens is 184 g/mol. The maximum absolute atomic E-state index is 3.88. The molecule has 2 atom stereocenters. The first-order chi connectivity index (χ1) is 6.51. The molecule has 0 aromatic rings. The molecule has 1 fully saturated rings. The van der Waals surface area contributed by atoms with E-state index in [1.54, 1.807) is 0 Å². The lowest BCUT2D eigenvalue weighted by Gasteiger charge is -2.12. The molecule has 1 saturated carbocycles. The molecule has 0 radical (unpaired) electrons. The van der Waals surface area contributed by atoms with Crippen LogP contribution in [-0.4, -0.2) is 8.07 Å². The van der Waals surface area contributed by atoms with Gasteiger partial charge in [0.1, 0.15) is 0 Å². The fourth-order valence-electron chi connectivity index (χ4n) is 2.06. The molecule has 0 saturated heterocycles. The van der Waals surface area contributed by atoms with Gasteiger partial charge in [-0.25, -0.2) is 0 Å². The monoisotopic (exact) mass is 208 g/mol. The van der Waals surface area contributed by atoms with Crippen molar-refractivity contribution in [3.63, 3.8) is 0 Å². The summed E-state index contributed by atoms with van der Waals surface area (Å²) < 4.78 is 0. The standard InChI is InChI=1S/C13H24Si/c1-5-12-8-9-13(11-12)7-6-10-14(2,3)4/h5-7,12-13H,1,8-11H2,2-4H3/b7-6+/t12-,13-/m0/s1. The summed E-state index contributed by atoms with van der Waals surface area (Å²) in [5.41, 5.74) is 0. The van der Waals surface area contributed by atoms with Crippen LogP contribution in [-0.2, 0) is 0 Å². The normalized spacial score (nSPS) is 28.5. The van der Waals surface area contributed by atoms with Gasteiger partial charge in [0.15, 0.2) is 0 Å². The third-order valence-electron chi connectivity index (χ3n) is 2.99. The van der Waals surface area contributed by atoms with Crippen molar-refractivity contribution in [2.75, 3.05) is 0 Å². The summed E-state index contributed by atoms with van der Waals surface area (Å²) >= 11 is 0. The van der Waals surface area contributed by atoms with E-state index in [0.717, 1.165) is 11.8 Å². The highest BCUT2D eigenvalue weighted by Crippen LogP contribution is 2.32. The Bertz CT molecular complexity index is 210. The largest absolute Gasteiger partial charge is 0.103 e. The minimum atomic E-state index is -0.861. The number of hydrogen-bond acceptors (Lipinski definition) is 0. The van der Waals surface area contributed by atoms with Crippen molar-refractivity contribution in [3.05, 3.63) is 24.8 Å². The zero-order chi connectivity index (χ0) is 10.6. The van der Waals surface area contributed by atoms with Gasteiger partial charge in [-0.2, -0.15) is 0 Å². The summed E-state index contributed by atoms with van der Waals surface area (Å²) in [5, 5.41) is 0. The first kappa shape index (κ1) is 11.8. The maximum Gasteiger partial charge on any atom is 0.0480 e. The fourth-order valence-corrected chi connectivity index (χ4v) is 2.90. The summed E-state index contributed by atoms with van der Waals surface area (Å²) in [5.74, 6) is 1.63. The zero-order valence-corrected chi connectivity index (χ0v) is 10.9. The summed E-state index contributed by atoms with van der Waals surface area (Å²) in [6.07, 6.45) is 11.1. The highest BCUT2D eigenvalue weighted by molar-refractivity contribution is 6.76. The molecule has 0 N–H and O–H groups in total. The lowest BCUT2D eigenvalue weighted by atomic mass is 10.1. The molecule has 1 aliphatic rings. The molecule has 0 aliphatic heterocycles. The molecule has 0 spiro atoms. The van der Waals surface area contributed by atoms with Crippen LogP contribution in [0.1, 0.15) is 19.3 Å². The van der Waals surface area contributed by atoms with Gasteiger partial charge in [0, 0.05) is 8.07 Å². The smallest absolute Gasteiger partial charge is 0.0480 e. The fraction of sp³-hybridized carbons (Fsp3) is 0.692. The van der Waals surface area contributed by atoms with E-state index < -0.39 is 8.07 Å². The number of hydrogen-bond donors (Lipinski definition) is 0. The number of allylic oxidation sites excluding steroid dienone is 3. The first-order valence-corrected chi connectivity index (χ1v) is 9.51. The Morgan fingerprint density at radius 1 is 1.21 bits per heavy atom. The van der Waals surface area contributed by atoms with E-state index in [-0.39, 0.29) is 0 Å². The van der Waals surface area contributed by atoms with Gasteiger partial charge in [-0.3, -0.25) is 0 Å². The second kappa shape index (κ2) is 4.97. The maximum atomic E-state index is 3.88. The van der Waals surface area contributed by atoms with Gasteiger partial charge in [0.2, 0.25) is 0 Å². The van der Waals surface area contributed by atoms with Crippen molar-refractivity contribution in [3.8, 4) is 0 Å². The van der Waals surface area contributed by atoms with Crippen molar-refractivity contribution >= 4 is 8.07 Å². The van der Waals surface area contributed by atoms with Gasteiger partial charge in [0.25, 0.3) is 0 Å². The van der Waals surface area contributed by atoms with Gasteiger partial charge in [-0.05, 0) is 37.1 Å². The van der Waals surface area contributed by atoms with Crippen LogP contribution in [0, 0.1) is 11.8 Å². The van der Waals surface area contributed by atoms with E-state index in [1.165, 1.54) is 25.3 Å². The van der Waals surface area contributed by atoms with Crippen molar-refractivity contribution in [1.82, 2.24) is 0 Å². The second-order valence-electron chi connectivity index (χ2n) is 5.76. The average molecular weight is 208 g/mol. The van der Waals surface area contributed by atoms with Crippen LogP contribution in [0.4, 0.5) is 0 Å². The molecule has 1 aliphatic carbocycles. The summed E-state index contributed by atoms with van der Waals surface area (Å²) in [6, 6.07) is 1.34. The van der Waals surface area contributed by atoms with Crippen LogP contribution in [0.5, 0.6) is 0 Å². The molecule has 0 aromatic carbocycles.